The van der Waals surface area contributed by atoms with E-state index >= 15 is 0 Å². The molecule has 2 amide bonds. The maximum absolute atomic E-state index is 12.1. The molecular formula is C10H13N3O5S2. The van der Waals surface area contributed by atoms with E-state index in [-0.39, 0.29) is 17.9 Å². The van der Waals surface area contributed by atoms with Gasteiger partial charge in [-0.05, 0) is 6.42 Å². The number of thiazole rings is 1. The monoisotopic (exact) mass is 319 g/mol. The van der Waals surface area contributed by atoms with E-state index in [1.807, 2.05) is 0 Å². The summed E-state index contributed by atoms with van der Waals surface area (Å²) in [6.45, 7) is -0.544. The van der Waals surface area contributed by atoms with E-state index in [0.717, 1.165) is 4.90 Å². The highest BCUT2D eigenvalue weighted by Crippen LogP contribution is 2.19. The third-order valence-electron chi connectivity index (χ3n) is 2.86. The summed E-state index contributed by atoms with van der Waals surface area (Å²) in [7, 11) is -3.20. The number of carboxylic acid groups (broad SMARTS) is 1. The van der Waals surface area contributed by atoms with Gasteiger partial charge < -0.3 is 10.0 Å². The van der Waals surface area contributed by atoms with Crippen LogP contribution >= 0.6 is 11.3 Å². The Kier molecular flexibility index (Phi) is 4.23. The number of nitrogens with one attached hydrogen (secondary N) is 1. The lowest BCUT2D eigenvalue weighted by atomic mass is 10.2. The molecule has 0 aliphatic carbocycles. The van der Waals surface area contributed by atoms with E-state index in [1.165, 1.54) is 17.5 Å². The molecule has 1 aliphatic rings. The minimum atomic E-state index is -3.20. The highest BCUT2D eigenvalue weighted by molar-refractivity contribution is 7.91. The van der Waals surface area contributed by atoms with Gasteiger partial charge in [0.2, 0.25) is 0 Å². The van der Waals surface area contributed by atoms with Crippen molar-refractivity contribution in [2.24, 2.45) is 0 Å². The smallest absolute Gasteiger partial charge is 0.324 e. The van der Waals surface area contributed by atoms with Gasteiger partial charge in [0.25, 0.3) is 0 Å². The van der Waals surface area contributed by atoms with Crippen molar-refractivity contribution in [3.05, 3.63) is 11.6 Å². The molecule has 1 atom stereocenters. The summed E-state index contributed by atoms with van der Waals surface area (Å²) in [5.41, 5.74) is 0. The minimum absolute atomic E-state index is 0.0294. The van der Waals surface area contributed by atoms with E-state index < -0.39 is 34.4 Å². The second-order valence-corrected chi connectivity index (χ2v) is 7.47. The molecule has 2 heterocycles. The van der Waals surface area contributed by atoms with Crippen molar-refractivity contribution >= 4 is 38.3 Å². The van der Waals surface area contributed by atoms with Crippen LogP contribution < -0.4 is 5.32 Å². The average Bonchev–Trinajstić information content (AvgIpc) is 2.95. The zero-order valence-electron chi connectivity index (χ0n) is 10.4. The summed E-state index contributed by atoms with van der Waals surface area (Å²) in [5, 5.41) is 13.3. The maximum Gasteiger partial charge on any atom is 0.324 e. The lowest BCUT2D eigenvalue weighted by molar-refractivity contribution is -0.138. The molecule has 0 bridgehead atoms. The Bertz CT molecular complexity index is 598. The van der Waals surface area contributed by atoms with Crippen LogP contribution in [0.4, 0.5) is 9.93 Å². The largest absolute Gasteiger partial charge is 0.480 e. The maximum atomic E-state index is 12.1. The number of aromatic nitrogens is 1. The van der Waals surface area contributed by atoms with Crippen LogP contribution in [-0.4, -0.2) is 59.5 Å². The van der Waals surface area contributed by atoms with Crippen molar-refractivity contribution in [3.63, 3.8) is 0 Å². The van der Waals surface area contributed by atoms with Gasteiger partial charge in [0.1, 0.15) is 6.54 Å². The number of carboxylic acids is 1. The quantitative estimate of drug-likeness (QED) is 0.821. The molecule has 1 aromatic heterocycles. The van der Waals surface area contributed by atoms with Crippen LogP contribution in [0.3, 0.4) is 0 Å². The van der Waals surface area contributed by atoms with Crippen molar-refractivity contribution in [2.45, 2.75) is 12.5 Å². The summed E-state index contributed by atoms with van der Waals surface area (Å²) >= 11 is 1.19. The Morgan fingerprint density at radius 2 is 2.30 bits per heavy atom. The van der Waals surface area contributed by atoms with Crippen LogP contribution in [0.15, 0.2) is 11.6 Å². The molecule has 0 saturated carbocycles. The van der Waals surface area contributed by atoms with Gasteiger partial charge in [-0.25, -0.2) is 18.2 Å². The summed E-state index contributed by atoms with van der Waals surface area (Å²) in [6.07, 6.45) is 1.75. The molecule has 1 saturated heterocycles. The Morgan fingerprint density at radius 1 is 1.55 bits per heavy atom. The fourth-order valence-electron chi connectivity index (χ4n) is 1.98. The van der Waals surface area contributed by atoms with Gasteiger partial charge in [-0.15, -0.1) is 11.3 Å². The van der Waals surface area contributed by atoms with Crippen molar-refractivity contribution in [1.29, 1.82) is 0 Å². The van der Waals surface area contributed by atoms with E-state index in [1.54, 1.807) is 5.38 Å². The second kappa shape index (κ2) is 5.75. The third-order valence-corrected chi connectivity index (χ3v) is 5.30. The summed E-state index contributed by atoms with van der Waals surface area (Å²) in [5.74, 6) is -1.42. The number of urea groups is 1. The van der Waals surface area contributed by atoms with Crippen molar-refractivity contribution < 1.29 is 23.1 Å². The Hall–Kier alpha value is -1.68. The molecule has 8 nitrogen and oxygen atoms in total. The van der Waals surface area contributed by atoms with Gasteiger partial charge in [-0.1, -0.05) is 0 Å². The van der Waals surface area contributed by atoms with Crippen molar-refractivity contribution in [2.75, 3.05) is 23.4 Å². The third kappa shape index (κ3) is 3.67. The summed E-state index contributed by atoms with van der Waals surface area (Å²) in [4.78, 5) is 27.8. The molecule has 0 aromatic carbocycles. The van der Waals surface area contributed by atoms with E-state index in [9.17, 15) is 18.0 Å². The molecule has 0 radical (unpaired) electrons. The first-order valence-corrected chi connectivity index (χ1v) is 8.47. The topological polar surface area (TPSA) is 117 Å². The predicted octanol–water partition coefficient (Wildman–Crippen LogP) is 0.249. The molecule has 0 spiro atoms. The SMILES string of the molecule is O=C(O)CN(C(=O)Nc1nccs1)C1CCS(=O)(=O)C1. The van der Waals surface area contributed by atoms with E-state index in [4.69, 9.17) is 5.11 Å². The zero-order valence-corrected chi connectivity index (χ0v) is 12.0. The van der Waals surface area contributed by atoms with Gasteiger partial charge in [0, 0.05) is 17.6 Å². The number of nitrogens with zero attached hydrogens (tertiary/aromatic N) is 2. The molecule has 2 rings (SSSR count). The molecule has 1 aromatic rings. The normalized spacial score (nSPS) is 20.5. The number of anilines is 1. The Balaban J connectivity index is 2.11. The Morgan fingerprint density at radius 3 is 2.80 bits per heavy atom. The summed E-state index contributed by atoms with van der Waals surface area (Å²) < 4.78 is 22.9. The number of aliphatic carboxylic acids is 1. The molecule has 2 N–H and O–H groups in total. The molecule has 110 valence electrons. The predicted molar refractivity (Wildman–Crippen MR) is 72.5 cm³/mol. The lowest BCUT2D eigenvalue weighted by Crippen LogP contribution is -2.46. The van der Waals surface area contributed by atoms with Gasteiger partial charge >= 0.3 is 12.0 Å². The molecule has 10 heteroatoms. The highest BCUT2D eigenvalue weighted by atomic mass is 32.2. The number of hydrogen-bond donors (Lipinski definition) is 2. The molecule has 1 fully saturated rings. The molecule has 1 unspecified atom stereocenters. The Labute approximate surface area is 119 Å². The lowest BCUT2D eigenvalue weighted by Gasteiger charge is -2.26. The van der Waals surface area contributed by atoms with Gasteiger partial charge in [0.05, 0.1) is 11.5 Å². The number of hydrogen-bond acceptors (Lipinski definition) is 6. The van der Waals surface area contributed by atoms with Gasteiger partial charge in [0.15, 0.2) is 15.0 Å². The standard InChI is InChI=1S/C10H13N3O5S2/c14-8(15)5-13(7-1-4-20(17,18)6-7)10(16)12-9-11-2-3-19-9/h2-3,7H,1,4-6H2,(H,14,15)(H,11,12,16). The van der Waals surface area contributed by atoms with E-state index in [2.05, 4.69) is 10.3 Å². The van der Waals surface area contributed by atoms with Gasteiger partial charge in [-0.2, -0.15) is 0 Å². The number of amides is 2. The van der Waals surface area contributed by atoms with Crippen LogP contribution in [-0.2, 0) is 14.6 Å². The first-order valence-electron chi connectivity index (χ1n) is 5.77. The fraction of sp³-hybridized carbons (Fsp3) is 0.500. The molecule has 20 heavy (non-hydrogen) atoms. The number of carbonyl (C=O) groups is 2. The van der Waals surface area contributed by atoms with Crippen LogP contribution in [0.25, 0.3) is 0 Å². The van der Waals surface area contributed by atoms with Crippen molar-refractivity contribution in [3.8, 4) is 0 Å². The first kappa shape index (κ1) is 14.7. The fourth-order valence-corrected chi connectivity index (χ4v) is 4.23. The molecular weight excluding hydrogens is 306 g/mol. The number of rotatable bonds is 4. The van der Waals surface area contributed by atoms with Crippen molar-refractivity contribution in [1.82, 2.24) is 9.88 Å². The first-order chi connectivity index (χ1) is 9.37. The van der Waals surface area contributed by atoms with Crippen LogP contribution in [0.2, 0.25) is 0 Å². The molecule has 1 aliphatic heterocycles. The average molecular weight is 319 g/mol. The highest BCUT2D eigenvalue weighted by Gasteiger charge is 2.35. The second-order valence-electron chi connectivity index (χ2n) is 4.35. The van der Waals surface area contributed by atoms with Crippen LogP contribution in [0.1, 0.15) is 6.42 Å². The van der Waals surface area contributed by atoms with E-state index in [0.29, 0.717) is 5.13 Å². The zero-order chi connectivity index (χ0) is 14.8. The number of sulfone groups is 1. The number of carbonyl (C=O) groups excluding carboxylic acids is 1. The van der Waals surface area contributed by atoms with Crippen LogP contribution in [0.5, 0.6) is 0 Å². The van der Waals surface area contributed by atoms with Gasteiger partial charge in [-0.3, -0.25) is 10.1 Å². The summed E-state index contributed by atoms with van der Waals surface area (Å²) in [6, 6.07) is -1.26. The minimum Gasteiger partial charge on any atom is -0.480 e. The van der Waals surface area contributed by atoms with Crippen LogP contribution in [0, 0.1) is 0 Å².